The minimum Gasteiger partial charge on any atom is -0.345 e. The molecule has 0 amide bonds. The van der Waals surface area contributed by atoms with Crippen LogP contribution >= 0.6 is 0 Å². The molecule has 0 unspecified atom stereocenters. The predicted molar refractivity (Wildman–Crippen MR) is 190 cm³/mol. The molecule has 8 heteroatoms. The van der Waals surface area contributed by atoms with Gasteiger partial charge in [-0.1, -0.05) is 48.5 Å². The Labute approximate surface area is 272 Å². The molecule has 47 heavy (non-hydrogen) atoms. The first-order valence-corrected chi connectivity index (χ1v) is 15.3. The predicted octanol–water partition coefficient (Wildman–Crippen LogP) is 8.63. The quantitative estimate of drug-likeness (QED) is 0.179. The maximum Gasteiger partial charge on any atom is 0.237 e. The first-order chi connectivity index (χ1) is 23.1. The van der Waals surface area contributed by atoms with Crippen molar-refractivity contribution in [2.75, 3.05) is 23.9 Å². The molecule has 0 saturated carbocycles. The molecule has 8 rings (SSSR count). The van der Waals surface area contributed by atoms with Crippen LogP contribution in [-0.2, 0) is 0 Å². The molecule has 0 aliphatic rings. The molecule has 0 bridgehead atoms. The van der Waals surface area contributed by atoms with Crippen LogP contribution in [0.5, 0.6) is 0 Å². The standard InChI is InChI=1S/C39H30N8/c1-45(29-11-7-9-27(21-29)35-13-3-5-19-41-35)31-15-17-33-34-18-16-32(24-38(34)47(37(33)23-31)39-43-25-40-26-44-39)46(2)30-12-8-10-28(22-30)36-14-4-6-20-42-36/h3-26H,1-2H3. The first-order valence-electron chi connectivity index (χ1n) is 15.3. The average Bonchev–Trinajstić information content (AvgIpc) is 3.48. The van der Waals surface area contributed by atoms with Gasteiger partial charge < -0.3 is 9.80 Å². The summed E-state index contributed by atoms with van der Waals surface area (Å²) in [7, 11) is 4.17. The van der Waals surface area contributed by atoms with E-state index in [1.165, 1.54) is 12.7 Å². The Hall–Kier alpha value is -6.41. The highest BCUT2D eigenvalue weighted by Gasteiger charge is 2.18. The van der Waals surface area contributed by atoms with Gasteiger partial charge in [-0.15, -0.1) is 0 Å². The van der Waals surface area contributed by atoms with Crippen LogP contribution < -0.4 is 9.80 Å². The number of hydrogen-bond donors (Lipinski definition) is 0. The number of fused-ring (bicyclic) bond motifs is 3. The lowest BCUT2D eigenvalue weighted by atomic mass is 10.1. The van der Waals surface area contributed by atoms with Crippen molar-refractivity contribution in [1.29, 1.82) is 0 Å². The van der Waals surface area contributed by atoms with Gasteiger partial charge in [0.1, 0.15) is 12.7 Å². The molecule has 8 nitrogen and oxygen atoms in total. The topological polar surface area (TPSA) is 75.9 Å². The van der Waals surface area contributed by atoms with E-state index >= 15 is 0 Å². The van der Waals surface area contributed by atoms with E-state index in [0.717, 1.165) is 67.1 Å². The van der Waals surface area contributed by atoms with Crippen molar-refractivity contribution in [3.63, 3.8) is 0 Å². The zero-order valence-corrected chi connectivity index (χ0v) is 25.9. The summed E-state index contributed by atoms with van der Waals surface area (Å²) in [6.45, 7) is 0. The van der Waals surface area contributed by atoms with E-state index in [9.17, 15) is 0 Å². The van der Waals surface area contributed by atoms with E-state index in [0.29, 0.717) is 5.95 Å². The number of benzene rings is 4. The molecular formula is C39H30N8. The third-order valence-corrected chi connectivity index (χ3v) is 8.58. The Morgan fingerprint density at radius 1 is 0.468 bits per heavy atom. The van der Waals surface area contributed by atoms with Crippen molar-refractivity contribution < 1.29 is 0 Å². The molecular weight excluding hydrogens is 580 g/mol. The van der Waals surface area contributed by atoms with E-state index < -0.39 is 0 Å². The minimum absolute atomic E-state index is 0.564. The van der Waals surface area contributed by atoms with Crippen molar-refractivity contribution in [3.05, 3.63) is 146 Å². The molecule has 226 valence electrons. The molecule has 0 atom stereocenters. The van der Waals surface area contributed by atoms with Gasteiger partial charge in [-0.05, 0) is 72.8 Å². The number of hydrogen-bond acceptors (Lipinski definition) is 7. The lowest BCUT2D eigenvalue weighted by molar-refractivity contribution is 0.939. The summed E-state index contributed by atoms with van der Waals surface area (Å²) in [5, 5.41) is 2.23. The number of aromatic nitrogens is 6. The number of nitrogens with zero attached hydrogens (tertiary/aromatic N) is 8. The molecule has 4 aromatic heterocycles. The summed E-state index contributed by atoms with van der Waals surface area (Å²) in [6, 6.07) is 41.9. The highest BCUT2D eigenvalue weighted by atomic mass is 15.2. The van der Waals surface area contributed by atoms with E-state index in [4.69, 9.17) is 0 Å². The van der Waals surface area contributed by atoms with Crippen molar-refractivity contribution in [2.45, 2.75) is 0 Å². The zero-order valence-electron chi connectivity index (χ0n) is 25.9. The summed E-state index contributed by atoms with van der Waals surface area (Å²) in [5.74, 6) is 0.564. The van der Waals surface area contributed by atoms with Crippen LogP contribution in [0.25, 0.3) is 50.3 Å². The van der Waals surface area contributed by atoms with Gasteiger partial charge in [0.15, 0.2) is 0 Å². The largest absolute Gasteiger partial charge is 0.345 e. The Morgan fingerprint density at radius 2 is 0.957 bits per heavy atom. The van der Waals surface area contributed by atoms with Crippen molar-refractivity contribution in [2.24, 2.45) is 0 Å². The third-order valence-electron chi connectivity index (χ3n) is 8.58. The molecule has 0 fully saturated rings. The smallest absolute Gasteiger partial charge is 0.237 e. The number of anilines is 4. The highest BCUT2D eigenvalue weighted by molar-refractivity contribution is 6.11. The molecule has 0 radical (unpaired) electrons. The molecule has 8 aromatic rings. The zero-order chi connectivity index (χ0) is 31.7. The summed E-state index contributed by atoms with van der Waals surface area (Å²) in [5.41, 5.74) is 10.2. The van der Waals surface area contributed by atoms with E-state index in [2.05, 4.69) is 138 Å². The van der Waals surface area contributed by atoms with Gasteiger partial charge in [-0.2, -0.15) is 0 Å². The summed E-state index contributed by atoms with van der Waals surface area (Å²) < 4.78 is 2.12. The normalized spacial score (nSPS) is 11.2. The van der Waals surface area contributed by atoms with Gasteiger partial charge in [-0.3, -0.25) is 14.5 Å². The van der Waals surface area contributed by atoms with E-state index in [1.807, 2.05) is 48.8 Å². The van der Waals surface area contributed by atoms with Crippen LogP contribution in [0.1, 0.15) is 0 Å². The Bertz CT molecular complexity index is 2190. The fraction of sp³-hybridized carbons (Fsp3) is 0.0513. The van der Waals surface area contributed by atoms with Crippen molar-refractivity contribution >= 4 is 44.6 Å². The minimum atomic E-state index is 0.564. The fourth-order valence-electron chi connectivity index (χ4n) is 6.09. The second kappa shape index (κ2) is 11.8. The number of rotatable bonds is 7. The van der Waals surface area contributed by atoms with Crippen LogP contribution in [0.15, 0.2) is 146 Å². The third kappa shape index (κ3) is 5.21. The van der Waals surface area contributed by atoms with Crippen LogP contribution in [0, 0.1) is 0 Å². The Balaban J connectivity index is 1.23. The van der Waals surface area contributed by atoms with E-state index in [1.54, 1.807) is 0 Å². The number of pyridine rings is 2. The fourth-order valence-corrected chi connectivity index (χ4v) is 6.09. The van der Waals surface area contributed by atoms with Crippen LogP contribution in [0.4, 0.5) is 22.7 Å². The van der Waals surface area contributed by atoms with Crippen LogP contribution in [0.2, 0.25) is 0 Å². The van der Waals surface area contributed by atoms with E-state index in [-0.39, 0.29) is 0 Å². The summed E-state index contributed by atoms with van der Waals surface area (Å²) in [6.07, 6.45) is 6.72. The molecule has 0 aliphatic heterocycles. The lowest BCUT2D eigenvalue weighted by Gasteiger charge is -2.21. The molecule has 4 aromatic carbocycles. The summed E-state index contributed by atoms with van der Waals surface area (Å²) in [4.78, 5) is 26.7. The van der Waals surface area contributed by atoms with Gasteiger partial charge in [0.05, 0.1) is 22.4 Å². The van der Waals surface area contributed by atoms with Gasteiger partial charge in [0.2, 0.25) is 5.95 Å². The first kappa shape index (κ1) is 28.1. The van der Waals surface area contributed by atoms with Crippen LogP contribution in [-0.4, -0.2) is 43.6 Å². The average molecular weight is 611 g/mol. The molecule has 0 spiro atoms. The molecule has 0 aliphatic carbocycles. The maximum atomic E-state index is 4.58. The van der Waals surface area contributed by atoms with Crippen molar-refractivity contribution in [1.82, 2.24) is 29.5 Å². The summed E-state index contributed by atoms with van der Waals surface area (Å²) >= 11 is 0. The maximum absolute atomic E-state index is 4.58. The SMILES string of the molecule is CN(c1cccc(-c2ccccn2)c1)c1ccc2c3ccc(N(C)c4cccc(-c5ccccn5)c4)cc3n(-c3ncncn3)c2c1. The molecule has 0 N–H and O–H groups in total. The van der Waals surface area contributed by atoms with Gasteiger partial charge >= 0.3 is 0 Å². The van der Waals surface area contributed by atoms with Crippen LogP contribution in [0.3, 0.4) is 0 Å². The van der Waals surface area contributed by atoms with Gasteiger partial charge in [-0.25, -0.2) is 15.0 Å². The van der Waals surface area contributed by atoms with Gasteiger partial charge in [0, 0.05) is 71.1 Å². The Morgan fingerprint density at radius 3 is 1.43 bits per heavy atom. The second-order valence-electron chi connectivity index (χ2n) is 11.3. The molecule has 0 saturated heterocycles. The van der Waals surface area contributed by atoms with Gasteiger partial charge in [0.25, 0.3) is 0 Å². The highest BCUT2D eigenvalue weighted by Crippen LogP contribution is 2.38. The molecule has 4 heterocycles. The lowest BCUT2D eigenvalue weighted by Crippen LogP contribution is -2.10. The van der Waals surface area contributed by atoms with Crippen molar-refractivity contribution in [3.8, 4) is 28.5 Å². The monoisotopic (exact) mass is 610 g/mol. The Kier molecular flexibility index (Phi) is 7.07. The second-order valence-corrected chi connectivity index (χ2v) is 11.3.